The molecule has 0 saturated carbocycles. The molecule has 0 fully saturated rings. The van der Waals surface area contributed by atoms with Crippen LogP contribution in [0.2, 0.25) is 0 Å². The fraction of sp³-hybridized carbons (Fsp3) is 0.300. The van der Waals surface area contributed by atoms with Crippen molar-refractivity contribution in [2.75, 3.05) is 0 Å². The van der Waals surface area contributed by atoms with E-state index >= 15 is 0 Å². The van der Waals surface area contributed by atoms with E-state index in [4.69, 9.17) is 0 Å². The second-order valence-corrected chi connectivity index (χ2v) is 7.62. The number of ketones is 2. The van der Waals surface area contributed by atoms with E-state index in [9.17, 15) is 14.7 Å². The first-order valence-electron chi connectivity index (χ1n) is 8.52. The summed E-state index contributed by atoms with van der Waals surface area (Å²) in [5.41, 5.74) is 2.95. The summed E-state index contributed by atoms with van der Waals surface area (Å²) in [5, 5.41) is 19.0. The van der Waals surface area contributed by atoms with Gasteiger partial charge in [0.05, 0.1) is 28.7 Å². The molecule has 0 saturated heterocycles. The lowest BCUT2D eigenvalue weighted by Crippen LogP contribution is -2.28. The Morgan fingerprint density at radius 3 is 2.58 bits per heavy atom. The van der Waals surface area contributed by atoms with Gasteiger partial charge in [0, 0.05) is 17.5 Å². The fourth-order valence-corrected chi connectivity index (χ4v) is 3.73. The summed E-state index contributed by atoms with van der Waals surface area (Å²) in [6.07, 6.45) is 2.48. The van der Waals surface area contributed by atoms with E-state index in [2.05, 4.69) is 10.2 Å². The number of hydrogen-bond acceptors (Lipinski definition) is 5. The summed E-state index contributed by atoms with van der Waals surface area (Å²) in [4.78, 5) is 26.3. The first-order chi connectivity index (χ1) is 12.3. The van der Waals surface area contributed by atoms with Crippen LogP contribution in [0, 0.1) is 12.3 Å². The third-order valence-electron chi connectivity index (χ3n) is 4.92. The quantitative estimate of drug-likeness (QED) is 0.843. The van der Waals surface area contributed by atoms with Gasteiger partial charge in [-0.25, -0.2) is 0 Å². The van der Waals surface area contributed by atoms with Gasteiger partial charge in [0.1, 0.15) is 5.76 Å². The number of nitrogens with zero attached hydrogens (tertiary/aromatic N) is 3. The lowest BCUT2D eigenvalue weighted by molar-refractivity contribution is 0.0909. The Hall–Kier alpha value is -3.02. The maximum Gasteiger partial charge on any atom is 0.199 e. The summed E-state index contributed by atoms with van der Waals surface area (Å²) < 4.78 is 0. The number of rotatable bonds is 2. The lowest BCUT2D eigenvalue weighted by Gasteiger charge is -2.28. The average Bonchev–Trinajstić information content (AvgIpc) is 3.00. The largest absolute Gasteiger partial charge is 0.506 e. The van der Waals surface area contributed by atoms with E-state index in [-0.39, 0.29) is 28.3 Å². The van der Waals surface area contributed by atoms with E-state index < -0.39 is 0 Å². The molecular weight excluding hydrogens is 330 g/mol. The zero-order valence-electron chi connectivity index (χ0n) is 14.9. The fourth-order valence-electron chi connectivity index (χ4n) is 3.73. The monoisotopic (exact) mass is 349 g/mol. The molecule has 0 atom stereocenters. The Kier molecular flexibility index (Phi) is 3.47. The Morgan fingerprint density at radius 2 is 1.88 bits per heavy atom. The highest BCUT2D eigenvalue weighted by molar-refractivity contribution is 6.30. The van der Waals surface area contributed by atoms with Gasteiger partial charge < -0.3 is 5.11 Å². The van der Waals surface area contributed by atoms with Gasteiger partial charge in [0.15, 0.2) is 11.6 Å². The van der Waals surface area contributed by atoms with Crippen LogP contribution in [-0.2, 0) is 6.42 Å². The number of aromatic nitrogens is 2. The molecular formula is C20H19N3O3. The van der Waals surface area contributed by atoms with Crippen LogP contribution in [0.1, 0.15) is 57.9 Å². The van der Waals surface area contributed by atoms with Crippen LogP contribution in [0.15, 0.2) is 34.9 Å². The highest BCUT2D eigenvalue weighted by atomic mass is 16.3. The van der Waals surface area contributed by atoms with E-state index in [1.54, 1.807) is 31.2 Å². The SMILES string of the molecule is Cc1nn(/N=C/C2=C(O)c3ccccc3C2=O)c2c1C(=O)CC(C)(C)C2. The molecule has 0 radical (unpaired) electrons. The number of fused-ring (bicyclic) bond motifs is 2. The number of benzene rings is 1. The second-order valence-electron chi connectivity index (χ2n) is 7.62. The van der Waals surface area contributed by atoms with Gasteiger partial charge >= 0.3 is 0 Å². The minimum Gasteiger partial charge on any atom is -0.506 e. The van der Waals surface area contributed by atoms with E-state index in [1.165, 1.54) is 11.0 Å². The number of carbonyl (C=O) groups is 2. The van der Waals surface area contributed by atoms with Crippen molar-refractivity contribution < 1.29 is 14.7 Å². The molecule has 1 aromatic heterocycles. The van der Waals surface area contributed by atoms with E-state index in [1.807, 2.05) is 13.8 Å². The van der Waals surface area contributed by atoms with E-state index in [0.29, 0.717) is 35.2 Å². The molecule has 6 heteroatoms. The van der Waals surface area contributed by atoms with Gasteiger partial charge in [-0.1, -0.05) is 38.1 Å². The zero-order chi connectivity index (χ0) is 18.6. The molecule has 4 rings (SSSR count). The predicted molar refractivity (Wildman–Crippen MR) is 97.6 cm³/mol. The van der Waals surface area contributed by atoms with Gasteiger partial charge in [-0.3, -0.25) is 9.59 Å². The Bertz CT molecular complexity index is 1020. The third-order valence-corrected chi connectivity index (χ3v) is 4.92. The molecule has 132 valence electrons. The molecule has 2 aliphatic carbocycles. The third kappa shape index (κ3) is 2.41. The number of allylic oxidation sites excluding steroid dienone is 1. The van der Waals surface area contributed by atoms with Gasteiger partial charge in [0.25, 0.3) is 0 Å². The van der Waals surface area contributed by atoms with Crippen LogP contribution >= 0.6 is 0 Å². The normalized spacial score (nSPS) is 18.6. The summed E-state index contributed by atoms with van der Waals surface area (Å²) in [7, 11) is 0. The number of hydrogen-bond donors (Lipinski definition) is 1. The van der Waals surface area contributed by atoms with E-state index in [0.717, 1.165) is 5.69 Å². The molecule has 1 aromatic carbocycles. The van der Waals surface area contributed by atoms with Crippen molar-refractivity contribution in [1.82, 2.24) is 9.89 Å². The van der Waals surface area contributed by atoms with Crippen molar-refractivity contribution in [2.24, 2.45) is 10.5 Å². The van der Waals surface area contributed by atoms with Crippen LogP contribution in [-0.4, -0.2) is 32.8 Å². The van der Waals surface area contributed by atoms with Crippen molar-refractivity contribution in [3.8, 4) is 0 Å². The molecule has 1 N–H and O–H groups in total. The number of aryl methyl sites for hydroxylation is 1. The highest BCUT2D eigenvalue weighted by Gasteiger charge is 2.36. The second kappa shape index (κ2) is 5.49. The summed E-state index contributed by atoms with van der Waals surface area (Å²) in [5.74, 6) is -0.277. The number of Topliss-reactive ketones (excluding diaryl/α,β-unsaturated/α-hetero) is 2. The Morgan fingerprint density at radius 1 is 1.19 bits per heavy atom. The molecule has 26 heavy (non-hydrogen) atoms. The topological polar surface area (TPSA) is 84.5 Å². The first kappa shape index (κ1) is 16.4. The number of aliphatic hydroxyl groups excluding tert-OH is 1. The molecule has 2 aliphatic rings. The van der Waals surface area contributed by atoms with Crippen molar-refractivity contribution >= 4 is 23.5 Å². The van der Waals surface area contributed by atoms with Crippen molar-refractivity contribution in [3.63, 3.8) is 0 Å². The van der Waals surface area contributed by atoms with Gasteiger partial charge in [-0.2, -0.15) is 15.0 Å². The van der Waals surface area contributed by atoms with Crippen LogP contribution in [0.4, 0.5) is 0 Å². The van der Waals surface area contributed by atoms with Crippen molar-refractivity contribution in [1.29, 1.82) is 0 Å². The standard InChI is InChI=1S/C20H19N3O3/c1-11-17-15(8-20(2,3)9-16(17)24)23(22-11)21-10-14-18(25)12-6-4-5-7-13(12)19(14)26/h4-7,10,25H,8-9H2,1-3H3/b21-10+. The molecule has 2 aromatic rings. The van der Waals surface area contributed by atoms with Gasteiger partial charge in [-0.15, -0.1) is 0 Å². The average molecular weight is 349 g/mol. The number of carbonyl (C=O) groups excluding carboxylic acids is 2. The maximum absolute atomic E-state index is 12.5. The highest BCUT2D eigenvalue weighted by Crippen LogP contribution is 2.36. The molecule has 1 heterocycles. The summed E-state index contributed by atoms with van der Waals surface area (Å²) >= 11 is 0. The van der Waals surface area contributed by atoms with Crippen molar-refractivity contribution in [2.45, 2.75) is 33.6 Å². The Labute approximate surface area is 150 Å². The van der Waals surface area contributed by atoms with Crippen LogP contribution in [0.3, 0.4) is 0 Å². The van der Waals surface area contributed by atoms with Crippen LogP contribution in [0.5, 0.6) is 0 Å². The summed E-state index contributed by atoms with van der Waals surface area (Å²) in [6, 6.07) is 6.90. The van der Waals surface area contributed by atoms with Gasteiger partial charge in [0.2, 0.25) is 0 Å². The molecule has 0 bridgehead atoms. The van der Waals surface area contributed by atoms with Crippen LogP contribution in [0.25, 0.3) is 5.76 Å². The molecule has 0 spiro atoms. The lowest BCUT2D eigenvalue weighted by atomic mass is 9.76. The smallest absolute Gasteiger partial charge is 0.199 e. The molecule has 6 nitrogen and oxygen atoms in total. The minimum absolute atomic E-state index is 0.0709. The van der Waals surface area contributed by atoms with Gasteiger partial charge in [-0.05, 0) is 18.8 Å². The molecule has 0 amide bonds. The van der Waals surface area contributed by atoms with Crippen LogP contribution < -0.4 is 0 Å². The predicted octanol–water partition coefficient (Wildman–Crippen LogP) is 3.35. The Balaban J connectivity index is 1.74. The maximum atomic E-state index is 12.5. The molecule has 0 aliphatic heterocycles. The first-order valence-corrected chi connectivity index (χ1v) is 8.52. The number of aliphatic hydroxyl groups is 1. The van der Waals surface area contributed by atoms with Crippen molar-refractivity contribution in [3.05, 3.63) is 57.9 Å². The summed E-state index contributed by atoms with van der Waals surface area (Å²) in [6.45, 7) is 5.86. The zero-order valence-corrected chi connectivity index (χ0v) is 14.9. The molecule has 0 unspecified atom stereocenters. The minimum atomic E-state index is -0.268.